The fourth-order valence-electron chi connectivity index (χ4n) is 2.70. The van der Waals surface area contributed by atoms with Crippen LogP contribution in [0.4, 0.5) is 0 Å². The molecule has 2 aromatic rings. The fourth-order valence-corrected chi connectivity index (χ4v) is 2.70. The Bertz CT molecular complexity index is 728. The van der Waals surface area contributed by atoms with Crippen LogP contribution in [0.3, 0.4) is 0 Å². The molecule has 0 aliphatic heterocycles. The molecule has 1 aromatic heterocycles. The Morgan fingerprint density at radius 2 is 1.76 bits per heavy atom. The zero-order chi connectivity index (χ0) is 18.6. The van der Waals surface area contributed by atoms with Crippen molar-refractivity contribution in [1.82, 2.24) is 10.5 Å². The standard InChI is InChI=1S/C19H24N2O4/c1-11(2)14-5-7-15(8-6-14)17(10-19(23)24)20-18(22)9-16-12(3)21-25-13(16)4/h5-8,11,17H,9-10H2,1-4H3,(H,20,22)(H,23,24)/t17-/m0/s1. The second-order valence-electron chi connectivity index (χ2n) is 6.52. The summed E-state index contributed by atoms with van der Waals surface area (Å²) in [7, 11) is 0. The van der Waals surface area contributed by atoms with Gasteiger partial charge in [0.2, 0.25) is 5.91 Å². The topological polar surface area (TPSA) is 92.4 Å². The Morgan fingerprint density at radius 1 is 1.16 bits per heavy atom. The largest absolute Gasteiger partial charge is 0.481 e. The van der Waals surface area contributed by atoms with Crippen LogP contribution < -0.4 is 5.32 Å². The maximum Gasteiger partial charge on any atom is 0.305 e. The molecule has 0 saturated carbocycles. The van der Waals surface area contributed by atoms with Crippen molar-refractivity contribution in [2.24, 2.45) is 0 Å². The highest BCUT2D eigenvalue weighted by molar-refractivity contribution is 5.80. The van der Waals surface area contributed by atoms with E-state index in [2.05, 4.69) is 24.3 Å². The smallest absolute Gasteiger partial charge is 0.305 e. The van der Waals surface area contributed by atoms with Gasteiger partial charge in [-0.3, -0.25) is 9.59 Å². The van der Waals surface area contributed by atoms with Crippen molar-refractivity contribution < 1.29 is 19.2 Å². The quantitative estimate of drug-likeness (QED) is 0.804. The molecule has 25 heavy (non-hydrogen) atoms. The number of carboxylic acid groups (broad SMARTS) is 1. The molecule has 134 valence electrons. The van der Waals surface area contributed by atoms with Gasteiger partial charge in [-0.25, -0.2) is 0 Å². The SMILES string of the molecule is Cc1noc(C)c1CC(=O)N[C@@H](CC(=O)O)c1ccc(C(C)C)cc1. The van der Waals surface area contributed by atoms with Crippen LogP contribution in [0, 0.1) is 13.8 Å². The van der Waals surface area contributed by atoms with Gasteiger partial charge < -0.3 is 14.9 Å². The first kappa shape index (κ1) is 18.7. The van der Waals surface area contributed by atoms with Crippen molar-refractivity contribution in [3.63, 3.8) is 0 Å². The minimum atomic E-state index is -0.962. The number of carbonyl (C=O) groups excluding carboxylic acids is 1. The Morgan fingerprint density at radius 3 is 2.24 bits per heavy atom. The summed E-state index contributed by atoms with van der Waals surface area (Å²) in [5.41, 5.74) is 3.35. The second kappa shape index (κ2) is 7.96. The van der Waals surface area contributed by atoms with Crippen LogP contribution in [0.1, 0.15) is 60.4 Å². The Labute approximate surface area is 147 Å². The van der Waals surface area contributed by atoms with E-state index in [0.717, 1.165) is 11.1 Å². The third-order valence-corrected chi connectivity index (χ3v) is 4.24. The number of aryl methyl sites for hydroxylation is 2. The third kappa shape index (κ3) is 4.92. The first-order chi connectivity index (χ1) is 11.8. The van der Waals surface area contributed by atoms with Gasteiger partial charge in [0, 0.05) is 5.56 Å². The molecule has 6 nitrogen and oxygen atoms in total. The van der Waals surface area contributed by atoms with Gasteiger partial charge in [0.1, 0.15) is 5.76 Å². The van der Waals surface area contributed by atoms with Crippen LogP contribution >= 0.6 is 0 Å². The lowest BCUT2D eigenvalue weighted by Crippen LogP contribution is -2.31. The summed E-state index contributed by atoms with van der Waals surface area (Å²) in [6.07, 6.45) is -0.0598. The molecule has 0 radical (unpaired) electrons. The molecule has 0 fully saturated rings. The molecule has 0 aliphatic rings. The number of nitrogens with one attached hydrogen (secondary N) is 1. The molecule has 1 aromatic carbocycles. The van der Waals surface area contributed by atoms with E-state index in [-0.39, 0.29) is 18.7 Å². The summed E-state index contributed by atoms with van der Waals surface area (Å²) >= 11 is 0. The summed E-state index contributed by atoms with van der Waals surface area (Å²) in [5.74, 6) is -0.228. The minimum Gasteiger partial charge on any atom is -0.481 e. The zero-order valence-corrected chi connectivity index (χ0v) is 15.0. The van der Waals surface area contributed by atoms with Gasteiger partial charge in [0.05, 0.1) is 24.6 Å². The van der Waals surface area contributed by atoms with E-state index in [9.17, 15) is 9.59 Å². The second-order valence-corrected chi connectivity index (χ2v) is 6.52. The van der Waals surface area contributed by atoms with Gasteiger partial charge in [-0.05, 0) is 30.9 Å². The van der Waals surface area contributed by atoms with Crippen molar-refractivity contribution in [1.29, 1.82) is 0 Å². The molecule has 6 heteroatoms. The monoisotopic (exact) mass is 344 g/mol. The number of hydrogen-bond donors (Lipinski definition) is 2. The van der Waals surface area contributed by atoms with Crippen LogP contribution in [-0.2, 0) is 16.0 Å². The Kier molecular flexibility index (Phi) is 5.96. The van der Waals surface area contributed by atoms with Crippen LogP contribution in [0.25, 0.3) is 0 Å². The first-order valence-corrected chi connectivity index (χ1v) is 8.30. The molecule has 0 saturated heterocycles. The van der Waals surface area contributed by atoms with E-state index in [0.29, 0.717) is 17.4 Å². The van der Waals surface area contributed by atoms with Crippen LogP contribution in [0.2, 0.25) is 0 Å². The molecule has 1 amide bonds. The van der Waals surface area contributed by atoms with E-state index in [4.69, 9.17) is 9.63 Å². The summed E-state index contributed by atoms with van der Waals surface area (Å²) in [6, 6.07) is 7.11. The minimum absolute atomic E-state index is 0.112. The number of hydrogen-bond acceptors (Lipinski definition) is 4. The zero-order valence-electron chi connectivity index (χ0n) is 15.0. The molecule has 0 unspecified atom stereocenters. The number of amides is 1. The average Bonchev–Trinajstić information content (AvgIpc) is 2.86. The van der Waals surface area contributed by atoms with E-state index in [1.54, 1.807) is 13.8 Å². The molecule has 1 atom stereocenters. The molecular weight excluding hydrogens is 320 g/mol. The number of benzene rings is 1. The lowest BCUT2D eigenvalue weighted by atomic mass is 9.97. The lowest BCUT2D eigenvalue weighted by molar-refractivity contribution is -0.137. The van der Waals surface area contributed by atoms with Crippen molar-refractivity contribution in [3.8, 4) is 0 Å². The van der Waals surface area contributed by atoms with E-state index >= 15 is 0 Å². The third-order valence-electron chi connectivity index (χ3n) is 4.24. The highest BCUT2D eigenvalue weighted by Crippen LogP contribution is 2.22. The van der Waals surface area contributed by atoms with Crippen molar-refractivity contribution in [2.75, 3.05) is 0 Å². The normalized spacial score (nSPS) is 12.2. The molecule has 0 bridgehead atoms. The summed E-state index contributed by atoms with van der Waals surface area (Å²) in [4.78, 5) is 23.6. The van der Waals surface area contributed by atoms with Crippen molar-refractivity contribution >= 4 is 11.9 Å². The molecular formula is C19H24N2O4. The molecule has 2 rings (SSSR count). The lowest BCUT2D eigenvalue weighted by Gasteiger charge is -2.18. The van der Waals surface area contributed by atoms with Crippen molar-refractivity contribution in [3.05, 3.63) is 52.4 Å². The number of aliphatic carboxylic acids is 1. The van der Waals surface area contributed by atoms with E-state index in [1.807, 2.05) is 24.3 Å². The van der Waals surface area contributed by atoms with Gasteiger partial charge in [0.15, 0.2) is 0 Å². The number of rotatable bonds is 7. The van der Waals surface area contributed by atoms with Gasteiger partial charge in [-0.1, -0.05) is 43.3 Å². The van der Waals surface area contributed by atoms with Crippen molar-refractivity contribution in [2.45, 2.75) is 52.5 Å². The van der Waals surface area contributed by atoms with Crippen LogP contribution in [0.5, 0.6) is 0 Å². The fraction of sp³-hybridized carbons (Fsp3) is 0.421. The number of aromatic nitrogens is 1. The number of carboxylic acids is 1. The van der Waals surface area contributed by atoms with Gasteiger partial charge in [0.25, 0.3) is 0 Å². The molecule has 0 aliphatic carbocycles. The Hall–Kier alpha value is -2.63. The first-order valence-electron chi connectivity index (χ1n) is 8.30. The maximum absolute atomic E-state index is 12.4. The number of nitrogens with zero attached hydrogens (tertiary/aromatic N) is 1. The predicted octanol–water partition coefficient (Wildman–Crippen LogP) is 3.29. The molecule has 0 spiro atoms. The summed E-state index contributed by atoms with van der Waals surface area (Å²) in [6.45, 7) is 7.71. The summed E-state index contributed by atoms with van der Waals surface area (Å²) < 4.78 is 5.06. The van der Waals surface area contributed by atoms with Crippen LogP contribution in [0.15, 0.2) is 28.8 Å². The van der Waals surface area contributed by atoms with Crippen LogP contribution in [-0.4, -0.2) is 22.1 Å². The Balaban J connectivity index is 2.14. The maximum atomic E-state index is 12.4. The number of carbonyl (C=O) groups is 2. The van der Waals surface area contributed by atoms with E-state index in [1.165, 1.54) is 5.56 Å². The predicted molar refractivity (Wildman–Crippen MR) is 93.3 cm³/mol. The van der Waals surface area contributed by atoms with Gasteiger partial charge >= 0.3 is 5.97 Å². The summed E-state index contributed by atoms with van der Waals surface area (Å²) in [5, 5.41) is 15.8. The van der Waals surface area contributed by atoms with E-state index < -0.39 is 12.0 Å². The van der Waals surface area contributed by atoms with Gasteiger partial charge in [-0.2, -0.15) is 0 Å². The highest BCUT2D eigenvalue weighted by atomic mass is 16.5. The average molecular weight is 344 g/mol. The van der Waals surface area contributed by atoms with Gasteiger partial charge in [-0.15, -0.1) is 0 Å². The highest BCUT2D eigenvalue weighted by Gasteiger charge is 2.20. The molecule has 1 heterocycles. The molecule has 2 N–H and O–H groups in total.